The van der Waals surface area contributed by atoms with Crippen molar-refractivity contribution in [1.82, 2.24) is 9.99 Å². The van der Waals surface area contributed by atoms with Crippen LogP contribution in [0.4, 0.5) is 10.1 Å². The van der Waals surface area contributed by atoms with Gasteiger partial charge in [-0.1, -0.05) is 5.22 Å². The van der Waals surface area contributed by atoms with E-state index in [1.165, 1.54) is 29.3 Å². The zero-order valence-corrected chi connectivity index (χ0v) is 17.9. The lowest BCUT2D eigenvalue weighted by Gasteiger charge is -2.19. The first kappa shape index (κ1) is 20.8. The zero-order chi connectivity index (χ0) is 23.1. The van der Waals surface area contributed by atoms with Gasteiger partial charge in [0.25, 0.3) is 11.8 Å². The lowest BCUT2D eigenvalue weighted by Crippen LogP contribution is -2.39. The molecule has 168 valence electrons. The van der Waals surface area contributed by atoms with E-state index in [4.69, 9.17) is 9.15 Å². The smallest absolute Gasteiger partial charge is 0.263 e. The van der Waals surface area contributed by atoms with Crippen molar-refractivity contribution >= 4 is 17.5 Å². The van der Waals surface area contributed by atoms with Gasteiger partial charge in [-0.3, -0.25) is 14.6 Å². The Bertz CT molecular complexity index is 1240. The van der Waals surface area contributed by atoms with Crippen molar-refractivity contribution in [3.8, 4) is 17.2 Å². The number of ether oxygens (including phenoxy) is 1. The summed E-state index contributed by atoms with van der Waals surface area (Å²) in [5, 5.41) is 9.51. The Hall–Kier alpha value is -4.08. The molecular formula is C23H20FN5O4. The van der Waals surface area contributed by atoms with E-state index in [9.17, 15) is 14.0 Å². The number of anilines is 1. The van der Waals surface area contributed by atoms with Crippen molar-refractivity contribution in [1.29, 1.82) is 0 Å². The van der Waals surface area contributed by atoms with E-state index in [0.29, 0.717) is 29.6 Å². The molecule has 0 aliphatic carbocycles. The molecule has 2 aromatic carbocycles. The van der Waals surface area contributed by atoms with Crippen molar-refractivity contribution < 1.29 is 23.1 Å². The number of benzene rings is 2. The third-order valence-electron chi connectivity index (χ3n) is 5.56. The average Bonchev–Trinajstić information content (AvgIpc) is 3.46. The van der Waals surface area contributed by atoms with E-state index in [2.05, 4.69) is 15.3 Å². The molecule has 0 unspecified atom stereocenters. The maximum absolute atomic E-state index is 13.3. The Labute approximate surface area is 188 Å². The fourth-order valence-corrected chi connectivity index (χ4v) is 3.91. The molecule has 3 heterocycles. The Kier molecular flexibility index (Phi) is 5.12. The first-order valence-corrected chi connectivity index (χ1v) is 10.5. The summed E-state index contributed by atoms with van der Waals surface area (Å²) >= 11 is 0. The summed E-state index contributed by atoms with van der Waals surface area (Å²) in [6.45, 7) is 4.41. The van der Waals surface area contributed by atoms with Gasteiger partial charge in [0, 0.05) is 5.56 Å². The summed E-state index contributed by atoms with van der Waals surface area (Å²) in [5.41, 5.74) is 1.66. The second-order valence-corrected chi connectivity index (χ2v) is 7.66. The highest BCUT2D eigenvalue weighted by Gasteiger charge is 2.54. The number of aromatic nitrogens is 1. The largest absolute Gasteiger partial charge is 0.494 e. The summed E-state index contributed by atoms with van der Waals surface area (Å²) < 4.78 is 24.5. The summed E-state index contributed by atoms with van der Waals surface area (Å²) in [5.74, 6) is 0.349. The molecule has 0 radical (unpaired) electrons. The number of carbonyl (C=O) groups excluding carboxylic acids is 2. The number of imide groups is 1. The molecule has 0 spiro atoms. The van der Waals surface area contributed by atoms with E-state index in [-0.39, 0.29) is 6.54 Å². The van der Waals surface area contributed by atoms with Gasteiger partial charge in [0.15, 0.2) is 12.1 Å². The van der Waals surface area contributed by atoms with Crippen molar-refractivity contribution in [2.75, 3.05) is 11.5 Å². The Balaban J connectivity index is 1.35. The van der Waals surface area contributed by atoms with Gasteiger partial charge in [-0.05, 0) is 62.4 Å². The predicted molar refractivity (Wildman–Crippen MR) is 115 cm³/mol. The molecule has 33 heavy (non-hydrogen) atoms. The monoisotopic (exact) mass is 449 g/mol. The van der Waals surface area contributed by atoms with E-state index >= 15 is 0 Å². The summed E-state index contributed by atoms with van der Waals surface area (Å²) in [7, 11) is 0. The van der Waals surface area contributed by atoms with Crippen LogP contribution in [-0.2, 0) is 16.1 Å². The molecule has 0 saturated carbocycles. The van der Waals surface area contributed by atoms with Gasteiger partial charge >= 0.3 is 0 Å². The highest BCUT2D eigenvalue weighted by atomic mass is 19.1. The molecule has 2 aliphatic heterocycles. The molecule has 2 amide bonds. The maximum atomic E-state index is 13.3. The summed E-state index contributed by atoms with van der Waals surface area (Å²) in [6, 6.07) is 10.7. The van der Waals surface area contributed by atoms with Crippen LogP contribution in [0, 0.1) is 12.7 Å². The van der Waals surface area contributed by atoms with Crippen LogP contribution in [0.1, 0.15) is 18.4 Å². The minimum absolute atomic E-state index is 0.146. The fraction of sp³-hybridized carbons (Fsp3) is 0.261. The van der Waals surface area contributed by atoms with Gasteiger partial charge in [0.05, 0.1) is 18.8 Å². The van der Waals surface area contributed by atoms with Gasteiger partial charge in [-0.15, -0.1) is 0 Å². The molecule has 2 atom stereocenters. The number of halogens is 1. The van der Waals surface area contributed by atoms with E-state index in [1.807, 2.05) is 31.2 Å². The Morgan fingerprint density at radius 3 is 2.48 bits per heavy atom. The van der Waals surface area contributed by atoms with Crippen LogP contribution >= 0.6 is 0 Å². The molecule has 1 fully saturated rings. The summed E-state index contributed by atoms with van der Waals surface area (Å²) in [4.78, 5) is 31.5. The molecule has 2 aliphatic rings. The molecular weight excluding hydrogens is 429 g/mol. The third-order valence-corrected chi connectivity index (χ3v) is 5.56. The normalized spacial score (nSPS) is 19.5. The Morgan fingerprint density at radius 2 is 1.79 bits per heavy atom. The van der Waals surface area contributed by atoms with Crippen LogP contribution in [-0.4, -0.2) is 40.5 Å². The van der Waals surface area contributed by atoms with Gasteiger partial charge in [-0.25, -0.2) is 14.3 Å². The first-order valence-electron chi connectivity index (χ1n) is 10.5. The lowest BCUT2D eigenvalue weighted by molar-refractivity contribution is -0.123. The number of rotatable bonds is 6. The van der Waals surface area contributed by atoms with Crippen LogP contribution in [0.3, 0.4) is 0 Å². The maximum Gasteiger partial charge on any atom is 0.263 e. The quantitative estimate of drug-likeness (QED) is 0.532. The SMILES string of the molecule is CCOc1ccc(-c2nc(CN3N=N[C@@H]4C(=O)N(c5ccc(F)cc5)C(=O)[C@@H]43)c(C)o2)cc1. The van der Waals surface area contributed by atoms with Crippen LogP contribution in [0.2, 0.25) is 0 Å². The fourth-order valence-electron chi connectivity index (χ4n) is 3.91. The van der Waals surface area contributed by atoms with E-state index in [0.717, 1.165) is 16.2 Å². The number of carbonyl (C=O) groups is 2. The topological polar surface area (TPSA) is 101 Å². The second-order valence-electron chi connectivity index (χ2n) is 7.66. The predicted octanol–water partition coefficient (Wildman–Crippen LogP) is 3.68. The molecule has 0 N–H and O–H groups in total. The van der Waals surface area contributed by atoms with E-state index < -0.39 is 29.7 Å². The molecule has 3 aromatic rings. The van der Waals surface area contributed by atoms with Gasteiger partial charge in [0.1, 0.15) is 23.0 Å². The number of hydrogen-bond donors (Lipinski definition) is 0. The number of fused-ring (bicyclic) bond motifs is 1. The molecule has 0 bridgehead atoms. The molecule has 1 saturated heterocycles. The van der Waals surface area contributed by atoms with Crippen molar-refractivity contribution in [2.24, 2.45) is 10.3 Å². The minimum Gasteiger partial charge on any atom is -0.494 e. The minimum atomic E-state index is -0.944. The van der Waals surface area contributed by atoms with Gasteiger partial charge < -0.3 is 9.15 Å². The van der Waals surface area contributed by atoms with E-state index in [1.54, 1.807) is 6.92 Å². The van der Waals surface area contributed by atoms with Gasteiger partial charge in [-0.2, -0.15) is 5.11 Å². The van der Waals surface area contributed by atoms with Gasteiger partial charge in [0.2, 0.25) is 5.89 Å². The first-order chi connectivity index (χ1) is 16.0. The Morgan fingerprint density at radius 1 is 1.06 bits per heavy atom. The molecule has 5 rings (SSSR count). The van der Waals surface area contributed by atoms with Crippen LogP contribution in [0.5, 0.6) is 5.75 Å². The number of amides is 2. The van der Waals surface area contributed by atoms with Crippen molar-refractivity contribution in [3.63, 3.8) is 0 Å². The number of aryl methyl sites for hydroxylation is 1. The average molecular weight is 449 g/mol. The molecule has 10 heteroatoms. The third kappa shape index (κ3) is 3.63. The van der Waals surface area contributed by atoms with Crippen LogP contribution in [0.25, 0.3) is 11.5 Å². The highest BCUT2D eigenvalue weighted by Crippen LogP contribution is 2.33. The van der Waals surface area contributed by atoms with Crippen LogP contribution < -0.4 is 9.64 Å². The summed E-state index contributed by atoms with van der Waals surface area (Å²) in [6.07, 6.45) is 0. The molecule has 1 aromatic heterocycles. The second kappa shape index (κ2) is 8.12. The number of nitrogens with zero attached hydrogens (tertiary/aromatic N) is 5. The highest BCUT2D eigenvalue weighted by molar-refractivity contribution is 6.25. The molecule has 9 nitrogen and oxygen atoms in total. The standard InChI is InChI=1S/C23H20FN5O4/c1-3-32-17-10-4-14(5-11-17)21-25-18(13(2)33-21)12-28-20-19(26-27-28)22(30)29(23(20)31)16-8-6-15(24)7-9-16/h4-11,19-20H,3,12H2,1-2H3/t19-,20+/m0/s1. The lowest BCUT2D eigenvalue weighted by atomic mass is 10.1. The number of hydrogen-bond acceptors (Lipinski definition) is 8. The number of oxazole rings is 1. The van der Waals surface area contributed by atoms with Crippen LogP contribution in [0.15, 0.2) is 63.3 Å². The van der Waals surface area contributed by atoms with Crippen molar-refractivity contribution in [3.05, 3.63) is 65.8 Å². The van der Waals surface area contributed by atoms with Crippen molar-refractivity contribution in [2.45, 2.75) is 32.5 Å². The zero-order valence-electron chi connectivity index (χ0n) is 17.9.